The number of nitrogens with zero attached hydrogens (tertiary/aromatic N) is 3. The van der Waals surface area contributed by atoms with Gasteiger partial charge in [0.25, 0.3) is 0 Å². The summed E-state index contributed by atoms with van der Waals surface area (Å²) in [7, 11) is 3.15. The van der Waals surface area contributed by atoms with Crippen LogP contribution in [0.25, 0.3) is 5.82 Å². The standard InChI is InChI=1S/C19H21N5O3/c1-13-20-8-9-24(13)18-7-5-15(12-21-18)23-19(25)22-11-14-4-6-16(26-2)17(10-14)27-3/h4-10,12H,11H2,1-3H3,(H2,22,23,25). The lowest BCUT2D eigenvalue weighted by atomic mass is 10.2. The Hall–Kier alpha value is -3.55. The number of aryl methyl sites for hydroxylation is 1. The van der Waals surface area contributed by atoms with Gasteiger partial charge in [0.1, 0.15) is 11.6 Å². The molecule has 2 amide bonds. The highest BCUT2D eigenvalue weighted by molar-refractivity contribution is 5.89. The van der Waals surface area contributed by atoms with Crippen molar-refractivity contribution in [3.63, 3.8) is 0 Å². The van der Waals surface area contributed by atoms with Crippen molar-refractivity contribution in [1.82, 2.24) is 19.9 Å². The van der Waals surface area contributed by atoms with Gasteiger partial charge in [0.15, 0.2) is 11.5 Å². The Bertz CT molecular complexity index is 921. The first kappa shape index (κ1) is 18.2. The van der Waals surface area contributed by atoms with Crippen LogP contribution in [-0.2, 0) is 6.54 Å². The molecule has 3 aromatic rings. The lowest BCUT2D eigenvalue weighted by Crippen LogP contribution is -2.28. The molecule has 140 valence electrons. The minimum Gasteiger partial charge on any atom is -0.493 e. The van der Waals surface area contributed by atoms with Gasteiger partial charge in [0, 0.05) is 18.9 Å². The van der Waals surface area contributed by atoms with Crippen LogP contribution >= 0.6 is 0 Å². The number of imidazole rings is 1. The molecule has 3 rings (SSSR count). The van der Waals surface area contributed by atoms with Crippen molar-refractivity contribution in [2.24, 2.45) is 0 Å². The zero-order chi connectivity index (χ0) is 19.2. The third kappa shape index (κ3) is 4.35. The minimum absolute atomic E-state index is 0.321. The number of carbonyl (C=O) groups is 1. The molecule has 0 unspecified atom stereocenters. The van der Waals surface area contributed by atoms with E-state index in [1.54, 1.807) is 38.7 Å². The summed E-state index contributed by atoms with van der Waals surface area (Å²) in [6.07, 6.45) is 5.15. The number of aromatic nitrogens is 3. The fourth-order valence-electron chi connectivity index (χ4n) is 2.57. The Kier molecular flexibility index (Phi) is 5.55. The van der Waals surface area contributed by atoms with Gasteiger partial charge in [-0.1, -0.05) is 6.07 Å². The van der Waals surface area contributed by atoms with E-state index >= 15 is 0 Å². The van der Waals surface area contributed by atoms with E-state index in [9.17, 15) is 4.79 Å². The first-order valence-corrected chi connectivity index (χ1v) is 8.33. The molecular weight excluding hydrogens is 346 g/mol. The SMILES string of the molecule is COc1ccc(CNC(=O)Nc2ccc(-n3ccnc3C)nc2)cc1OC. The summed E-state index contributed by atoms with van der Waals surface area (Å²) in [5.41, 5.74) is 1.49. The second-order valence-corrected chi connectivity index (χ2v) is 5.75. The second kappa shape index (κ2) is 8.22. The van der Waals surface area contributed by atoms with Crippen molar-refractivity contribution in [2.45, 2.75) is 13.5 Å². The van der Waals surface area contributed by atoms with Crippen molar-refractivity contribution in [3.8, 4) is 17.3 Å². The maximum atomic E-state index is 12.1. The number of benzene rings is 1. The van der Waals surface area contributed by atoms with Crippen molar-refractivity contribution in [1.29, 1.82) is 0 Å². The number of urea groups is 1. The van der Waals surface area contributed by atoms with Crippen molar-refractivity contribution < 1.29 is 14.3 Å². The lowest BCUT2D eigenvalue weighted by molar-refractivity contribution is 0.251. The molecule has 8 nitrogen and oxygen atoms in total. The maximum Gasteiger partial charge on any atom is 0.319 e. The number of pyridine rings is 1. The van der Waals surface area contributed by atoms with E-state index in [1.165, 1.54) is 0 Å². The van der Waals surface area contributed by atoms with Gasteiger partial charge in [-0.15, -0.1) is 0 Å². The van der Waals surface area contributed by atoms with E-state index in [0.717, 1.165) is 17.2 Å². The van der Waals surface area contributed by atoms with Crippen LogP contribution < -0.4 is 20.1 Å². The summed E-state index contributed by atoms with van der Waals surface area (Å²) in [5, 5.41) is 5.56. The first-order chi connectivity index (χ1) is 13.1. The monoisotopic (exact) mass is 367 g/mol. The smallest absolute Gasteiger partial charge is 0.319 e. The molecule has 1 aromatic carbocycles. The number of amides is 2. The number of hydrogen-bond acceptors (Lipinski definition) is 5. The van der Waals surface area contributed by atoms with Gasteiger partial charge in [-0.05, 0) is 36.8 Å². The molecule has 27 heavy (non-hydrogen) atoms. The average Bonchev–Trinajstić information content (AvgIpc) is 3.12. The fourth-order valence-corrected chi connectivity index (χ4v) is 2.57. The predicted octanol–water partition coefficient (Wildman–Crippen LogP) is 2.91. The molecule has 2 heterocycles. The highest BCUT2D eigenvalue weighted by atomic mass is 16.5. The van der Waals surface area contributed by atoms with Gasteiger partial charge in [0.05, 0.1) is 26.1 Å². The molecule has 0 fully saturated rings. The molecule has 0 spiro atoms. The van der Waals surface area contributed by atoms with Crippen molar-refractivity contribution in [3.05, 3.63) is 60.3 Å². The van der Waals surface area contributed by atoms with Crippen LogP contribution in [0.15, 0.2) is 48.9 Å². The van der Waals surface area contributed by atoms with E-state index in [-0.39, 0.29) is 6.03 Å². The third-order valence-electron chi connectivity index (χ3n) is 3.98. The van der Waals surface area contributed by atoms with Gasteiger partial charge in [-0.2, -0.15) is 0 Å². The quantitative estimate of drug-likeness (QED) is 0.699. The molecule has 0 aliphatic carbocycles. The second-order valence-electron chi connectivity index (χ2n) is 5.75. The molecule has 0 atom stereocenters. The number of hydrogen-bond donors (Lipinski definition) is 2. The summed E-state index contributed by atoms with van der Waals surface area (Å²) < 4.78 is 12.3. The van der Waals surface area contributed by atoms with E-state index in [0.29, 0.717) is 23.7 Å². The highest BCUT2D eigenvalue weighted by Gasteiger charge is 2.07. The van der Waals surface area contributed by atoms with Gasteiger partial charge >= 0.3 is 6.03 Å². The van der Waals surface area contributed by atoms with Gasteiger partial charge in [-0.3, -0.25) is 4.57 Å². The Morgan fingerprint density at radius 2 is 1.93 bits per heavy atom. The first-order valence-electron chi connectivity index (χ1n) is 8.33. The van der Waals surface area contributed by atoms with Gasteiger partial charge < -0.3 is 20.1 Å². The molecular formula is C19H21N5O3. The number of nitrogens with one attached hydrogen (secondary N) is 2. The average molecular weight is 367 g/mol. The largest absolute Gasteiger partial charge is 0.493 e. The van der Waals surface area contributed by atoms with Gasteiger partial charge in [-0.25, -0.2) is 14.8 Å². The Morgan fingerprint density at radius 3 is 2.56 bits per heavy atom. The Balaban J connectivity index is 1.57. The van der Waals surface area contributed by atoms with Crippen LogP contribution in [0, 0.1) is 6.92 Å². The number of methoxy groups -OCH3 is 2. The number of anilines is 1. The topological polar surface area (TPSA) is 90.3 Å². The van der Waals surface area contributed by atoms with Crippen LogP contribution in [0.4, 0.5) is 10.5 Å². The number of ether oxygens (including phenoxy) is 2. The lowest BCUT2D eigenvalue weighted by Gasteiger charge is -2.11. The molecule has 0 aliphatic heterocycles. The summed E-state index contributed by atoms with van der Waals surface area (Å²) in [6.45, 7) is 2.25. The molecule has 0 bridgehead atoms. The molecule has 0 saturated heterocycles. The van der Waals surface area contributed by atoms with Crippen LogP contribution in [-0.4, -0.2) is 34.8 Å². The van der Waals surface area contributed by atoms with Crippen LogP contribution in [0.1, 0.15) is 11.4 Å². The highest BCUT2D eigenvalue weighted by Crippen LogP contribution is 2.27. The molecule has 2 N–H and O–H groups in total. The normalized spacial score (nSPS) is 10.3. The van der Waals surface area contributed by atoms with E-state index in [1.807, 2.05) is 35.9 Å². The maximum absolute atomic E-state index is 12.1. The van der Waals surface area contributed by atoms with Crippen LogP contribution in [0.5, 0.6) is 11.5 Å². The summed E-state index contributed by atoms with van der Waals surface area (Å²) >= 11 is 0. The minimum atomic E-state index is -0.321. The van der Waals surface area contributed by atoms with Crippen LogP contribution in [0.3, 0.4) is 0 Å². The van der Waals surface area contributed by atoms with Crippen LogP contribution in [0.2, 0.25) is 0 Å². The number of rotatable bonds is 6. The molecule has 2 aromatic heterocycles. The molecule has 0 radical (unpaired) electrons. The summed E-state index contributed by atoms with van der Waals surface area (Å²) in [4.78, 5) is 20.6. The fraction of sp³-hybridized carbons (Fsp3) is 0.211. The molecule has 8 heteroatoms. The Labute approximate surface area is 157 Å². The zero-order valence-corrected chi connectivity index (χ0v) is 15.4. The summed E-state index contributed by atoms with van der Waals surface area (Å²) in [5.74, 6) is 2.84. The van der Waals surface area contributed by atoms with Crippen molar-refractivity contribution in [2.75, 3.05) is 19.5 Å². The van der Waals surface area contributed by atoms with E-state index < -0.39 is 0 Å². The van der Waals surface area contributed by atoms with E-state index in [4.69, 9.17) is 9.47 Å². The molecule has 0 saturated carbocycles. The zero-order valence-electron chi connectivity index (χ0n) is 15.4. The third-order valence-corrected chi connectivity index (χ3v) is 3.98. The molecule has 0 aliphatic rings. The summed E-state index contributed by atoms with van der Waals surface area (Å²) in [6, 6.07) is 8.78. The van der Waals surface area contributed by atoms with Crippen molar-refractivity contribution >= 4 is 11.7 Å². The number of carbonyl (C=O) groups excluding carboxylic acids is 1. The Morgan fingerprint density at radius 1 is 1.11 bits per heavy atom. The van der Waals surface area contributed by atoms with E-state index in [2.05, 4.69) is 20.6 Å². The predicted molar refractivity (Wildman–Crippen MR) is 102 cm³/mol. The van der Waals surface area contributed by atoms with Gasteiger partial charge in [0.2, 0.25) is 0 Å².